The van der Waals surface area contributed by atoms with Crippen molar-refractivity contribution >= 4 is 6.09 Å². The molecule has 0 unspecified atom stereocenters. The lowest BCUT2D eigenvalue weighted by Gasteiger charge is -2.24. The molecule has 0 saturated carbocycles. The Kier molecular flexibility index (Phi) is 4.04. The Morgan fingerprint density at radius 2 is 1.30 bits per heavy atom. The summed E-state index contributed by atoms with van der Waals surface area (Å²) >= 11 is 0. The van der Waals surface area contributed by atoms with E-state index in [-0.39, 0.29) is 0 Å². The largest absolute Gasteiger partial charge is 0.444 e. The first-order chi connectivity index (χ1) is 8.72. The van der Waals surface area contributed by atoms with E-state index in [4.69, 9.17) is 4.74 Å². The van der Waals surface area contributed by atoms with Crippen LogP contribution in [0.2, 0.25) is 0 Å². The van der Waals surface area contributed by atoms with Crippen molar-refractivity contribution in [3.63, 3.8) is 0 Å². The maximum Gasteiger partial charge on any atom is 0.414 e. The van der Waals surface area contributed by atoms with Crippen LogP contribution in [0, 0.1) is 0 Å². The zero-order valence-electron chi connectivity index (χ0n) is 10.9. The third-order valence-electron chi connectivity index (χ3n) is 2.40. The highest BCUT2D eigenvalue weighted by molar-refractivity contribution is 5.70. The van der Waals surface area contributed by atoms with Crippen molar-refractivity contribution in [2.45, 2.75) is 38.7 Å². The predicted molar refractivity (Wildman–Crippen MR) is 56.9 cm³/mol. The third-order valence-corrected chi connectivity index (χ3v) is 2.40. The highest BCUT2D eigenvalue weighted by Crippen LogP contribution is 2.40. The van der Waals surface area contributed by atoms with Crippen molar-refractivity contribution in [3.05, 3.63) is 11.1 Å². The molecule has 3 nitrogen and oxygen atoms in total. The van der Waals surface area contributed by atoms with E-state index in [0.717, 1.165) is 0 Å². The molecule has 0 aromatic carbocycles. The number of nitrogens with zero attached hydrogens (tertiary/aromatic N) is 1. The first kappa shape index (κ1) is 16.6. The SMILES string of the molecule is CC(C)(C)OC(=O)N1CC(C(F)(F)F)=C(C(F)(F)F)C1. The van der Waals surface area contributed by atoms with Crippen molar-refractivity contribution in [1.29, 1.82) is 0 Å². The van der Waals surface area contributed by atoms with Gasteiger partial charge in [0.05, 0.1) is 24.2 Å². The van der Waals surface area contributed by atoms with Gasteiger partial charge in [0.15, 0.2) is 0 Å². The van der Waals surface area contributed by atoms with Crippen molar-refractivity contribution < 1.29 is 35.9 Å². The highest BCUT2D eigenvalue weighted by atomic mass is 19.4. The van der Waals surface area contributed by atoms with E-state index < -0.39 is 48.3 Å². The molecule has 0 radical (unpaired) electrons. The summed E-state index contributed by atoms with van der Waals surface area (Å²) < 4.78 is 80.2. The molecule has 0 N–H and O–H groups in total. The van der Waals surface area contributed by atoms with Crippen LogP contribution in [0.1, 0.15) is 20.8 Å². The first-order valence-corrected chi connectivity index (χ1v) is 5.56. The Morgan fingerprint density at radius 3 is 1.55 bits per heavy atom. The molecule has 0 spiro atoms. The average Bonchev–Trinajstić information content (AvgIpc) is 2.56. The van der Waals surface area contributed by atoms with E-state index in [2.05, 4.69) is 0 Å². The second-order valence-electron chi connectivity index (χ2n) is 5.29. The molecule has 20 heavy (non-hydrogen) atoms. The van der Waals surface area contributed by atoms with Crippen LogP contribution in [-0.2, 0) is 4.74 Å². The van der Waals surface area contributed by atoms with Gasteiger partial charge in [0, 0.05) is 0 Å². The topological polar surface area (TPSA) is 29.5 Å². The quantitative estimate of drug-likeness (QED) is 0.505. The minimum atomic E-state index is -5.14. The smallest absolute Gasteiger partial charge is 0.414 e. The Bertz CT molecular complexity index is 404. The Morgan fingerprint density at radius 1 is 0.950 bits per heavy atom. The zero-order valence-corrected chi connectivity index (χ0v) is 10.9. The molecular weight excluding hydrogens is 292 g/mol. The van der Waals surface area contributed by atoms with Crippen LogP contribution in [0.25, 0.3) is 0 Å². The summed E-state index contributed by atoms with van der Waals surface area (Å²) in [6.07, 6.45) is -11.5. The molecule has 1 aliphatic rings. The minimum absolute atomic E-state index is 0.386. The molecule has 1 aliphatic heterocycles. The van der Waals surface area contributed by atoms with Crippen molar-refractivity contribution in [1.82, 2.24) is 4.90 Å². The Balaban J connectivity index is 2.97. The summed E-state index contributed by atoms with van der Waals surface area (Å²) in [6.45, 7) is 2.07. The van der Waals surface area contributed by atoms with Crippen LogP contribution < -0.4 is 0 Å². The van der Waals surface area contributed by atoms with Gasteiger partial charge in [-0.15, -0.1) is 0 Å². The molecular formula is C11H13F6NO2. The molecule has 1 rings (SSSR count). The van der Waals surface area contributed by atoms with E-state index >= 15 is 0 Å². The van der Waals surface area contributed by atoms with Gasteiger partial charge in [0.2, 0.25) is 0 Å². The fourth-order valence-electron chi connectivity index (χ4n) is 1.61. The maximum atomic E-state index is 12.6. The fraction of sp³-hybridized carbons (Fsp3) is 0.727. The fourth-order valence-corrected chi connectivity index (χ4v) is 1.61. The molecule has 1 heterocycles. The van der Waals surface area contributed by atoms with Crippen LogP contribution in [0.15, 0.2) is 11.1 Å². The lowest BCUT2D eigenvalue weighted by molar-refractivity contribution is -0.113. The van der Waals surface area contributed by atoms with Gasteiger partial charge < -0.3 is 4.74 Å². The molecule has 0 atom stereocenters. The second kappa shape index (κ2) is 4.85. The molecule has 0 aliphatic carbocycles. The van der Waals surface area contributed by atoms with Crippen LogP contribution in [0.5, 0.6) is 0 Å². The van der Waals surface area contributed by atoms with E-state index in [9.17, 15) is 31.1 Å². The second-order valence-corrected chi connectivity index (χ2v) is 5.29. The standard InChI is InChI=1S/C11H13F6NO2/c1-9(2,3)20-8(19)18-4-6(10(12,13)14)7(5-18)11(15,16)17/h4-5H2,1-3H3. The molecule has 9 heteroatoms. The monoisotopic (exact) mass is 305 g/mol. The van der Waals surface area contributed by atoms with Gasteiger partial charge in [-0.05, 0) is 20.8 Å². The summed E-state index contributed by atoms with van der Waals surface area (Å²) in [7, 11) is 0. The molecule has 116 valence electrons. The van der Waals surface area contributed by atoms with Crippen LogP contribution in [0.4, 0.5) is 31.1 Å². The van der Waals surface area contributed by atoms with Crippen LogP contribution in [0.3, 0.4) is 0 Å². The van der Waals surface area contributed by atoms with E-state index in [1.165, 1.54) is 20.8 Å². The van der Waals surface area contributed by atoms with Gasteiger partial charge in [-0.25, -0.2) is 4.79 Å². The lowest BCUT2D eigenvalue weighted by Crippen LogP contribution is -2.37. The van der Waals surface area contributed by atoms with Gasteiger partial charge in [0.1, 0.15) is 5.60 Å². The molecule has 1 amide bonds. The summed E-state index contributed by atoms with van der Waals surface area (Å²) in [6, 6.07) is 0. The number of hydrogen-bond donors (Lipinski definition) is 0. The minimum Gasteiger partial charge on any atom is -0.444 e. The molecule has 0 aromatic rings. The summed E-state index contributed by atoms with van der Waals surface area (Å²) in [5.74, 6) is 0. The van der Waals surface area contributed by atoms with E-state index in [0.29, 0.717) is 4.90 Å². The summed E-state index contributed by atoms with van der Waals surface area (Å²) in [5, 5.41) is 0. The Labute approximate surface area is 111 Å². The molecule has 0 aromatic heterocycles. The van der Waals surface area contributed by atoms with Crippen molar-refractivity contribution in [3.8, 4) is 0 Å². The number of amides is 1. The van der Waals surface area contributed by atoms with Gasteiger partial charge in [-0.1, -0.05) is 0 Å². The zero-order chi connectivity index (χ0) is 15.9. The number of hydrogen-bond acceptors (Lipinski definition) is 2. The Hall–Kier alpha value is -1.41. The van der Waals surface area contributed by atoms with Gasteiger partial charge in [0.25, 0.3) is 0 Å². The number of rotatable bonds is 0. The number of carbonyl (C=O) groups excluding carboxylic acids is 1. The van der Waals surface area contributed by atoms with Crippen LogP contribution >= 0.6 is 0 Å². The molecule has 0 bridgehead atoms. The van der Waals surface area contributed by atoms with Crippen molar-refractivity contribution in [2.75, 3.05) is 13.1 Å². The third kappa shape index (κ3) is 4.04. The van der Waals surface area contributed by atoms with Gasteiger partial charge in [-0.3, -0.25) is 4.90 Å². The van der Waals surface area contributed by atoms with Crippen molar-refractivity contribution in [2.24, 2.45) is 0 Å². The number of alkyl halides is 6. The lowest BCUT2D eigenvalue weighted by atomic mass is 10.1. The molecule has 0 fully saturated rings. The maximum absolute atomic E-state index is 12.6. The number of carbonyl (C=O) groups is 1. The first-order valence-electron chi connectivity index (χ1n) is 5.56. The van der Waals surface area contributed by atoms with Crippen LogP contribution in [-0.4, -0.2) is 42.0 Å². The highest BCUT2D eigenvalue weighted by Gasteiger charge is 2.50. The van der Waals surface area contributed by atoms with E-state index in [1.807, 2.05) is 0 Å². The average molecular weight is 305 g/mol. The van der Waals surface area contributed by atoms with Gasteiger partial charge in [-0.2, -0.15) is 26.3 Å². The number of ether oxygens (including phenoxy) is 1. The van der Waals surface area contributed by atoms with Gasteiger partial charge >= 0.3 is 18.4 Å². The number of halogens is 6. The van der Waals surface area contributed by atoms with E-state index in [1.54, 1.807) is 0 Å². The molecule has 0 saturated heterocycles. The predicted octanol–water partition coefficient (Wildman–Crippen LogP) is 3.66. The summed E-state index contributed by atoms with van der Waals surface area (Å²) in [4.78, 5) is 11.9. The normalized spacial score (nSPS) is 17.8. The summed E-state index contributed by atoms with van der Waals surface area (Å²) in [5.41, 5.74) is -4.51.